The summed E-state index contributed by atoms with van der Waals surface area (Å²) in [6.45, 7) is 0.258. The van der Waals surface area contributed by atoms with E-state index in [9.17, 15) is 13.2 Å². The Kier molecular flexibility index (Phi) is 6.19. The monoisotopic (exact) mass is 467 g/mol. The Morgan fingerprint density at radius 2 is 2.10 bits per heavy atom. The van der Waals surface area contributed by atoms with Gasteiger partial charge in [-0.25, -0.2) is 8.42 Å². The third-order valence-electron chi connectivity index (χ3n) is 4.72. The average molecular weight is 468 g/mol. The van der Waals surface area contributed by atoms with Crippen molar-refractivity contribution in [1.82, 2.24) is 14.4 Å². The van der Waals surface area contributed by atoms with Crippen LogP contribution in [-0.2, 0) is 26.2 Å². The molecule has 30 heavy (non-hydrogen) atoms. The first-order valence-corrected chi connectivity index (χ1v) is 11.9. The lowest BCUT2D eigenvalue weighted by molar-refractivity contribution is -0.151. The van der Waals surface area contributed by atoms with Gasteiger partial charge in [0.25, 0.3) is 5.89 Å². The number of hydrogen-bond donors (Lipinski definition) is 0. The quantitative estimate of drug-likeness (QED) is 0.510. The number of piperidine rings is 1. The van der Waals surface area contributed by atoms with Crippen molar-refractivity contribution in [3.63, 3.8) is 0 Å². The minimum Gasteiger partial charge on any atom is -0.455 e. The van der Waals surface area contributed by atoms with Gasteiger partial charge in [-0.2, -0.15) is 9.29 Å². The molecule has 4 rings (SSSR count). The summed E-state index contributed by atoms with van der Waals surface area (Å²) in [6.07, 6.45) is 1.12. The predicted molar refractivity (Wildman–Crippen MR) is 110 cm³/mol. The number of halogens is 1. The molecule has 1 unspecified atom stereocenters. The minimum absolute atomic E-state index is 0.0636. The number of esters is 1. The van der Waals surface area contributed by atoms with Crippen molar-refractivity contribution in [3.05, 3.63) is 52.7 Å². The molecule has 0 saturated carbocycles. The smallest absolute Gasteiger partial charge is 0.310 e. The number of benzene rings is 1. The molecule has 0 N–H and O–H groups in total. The van der Waals surface area contributed by atoms with Gasteiger partial charge in [-0.15, -0.1) is 11.3 Å². The zero-order chi connectivity index (χ0) is 21.1. The fraction of sp³-hybridized carbons (Fsp3) is 0.316. The molecule has 0 aliphatic carbocycles. The average Bonchev–Trinajstić information content (AvgIpc) is 3.44. The molecule has 158 valence electrons. The number of carbonyl (C=O) groups is 1. The Bertz CT molecular complexity index is 1110. The van der Waals surface area contributed by atoms with Gasteiger partial charge in [0, 0.05) is 18.1 Å². The van der Waals surface area contributed by atoms with E-state index in [0.29, 0.717) is 30.2 Å². The van der Waals surface area contributed by atoms with Crippen LogP contribution < -0.4 is 0 Å². The van der Waals surface area contributed by atoms with Crippen LogP contribution in [0.5, 0.6) is 0 Å². The number of hydrogen-bond acceptors (Lipinski definition) is 8. The molecule has 0 bridgehead atoms. The molecule has 8 nitrogen and oxygen atoms in total. The summed E-state index contributed by atoms with van der Waals surface area (Å²) >= 11 is 7.32. The number of ether oxygens (including phenoxy) is 1. The zero-order valence-corrected chi connectivity index (χ0v) is 18.1. The van der Waals surface area contributed by atoms with Crippen molar-refractivity contribution >= 4 is 38.9 Å². The highest BCUT2D eigenvalue weighted by Crippen LogP contribution is 2.26. The van der Waals surface area contributed by atoms with Crippen LogP contribution >= 0.6 is 22.9 Å². The molecule has 1 fully saturated rings. The standard InChI is InChI=1S/C19H18ClN3O5S2/c20-14-5-7-15(8-6-14)30(25,26)23-9-1-3-13(11-23)19(24)27-12-17-21-18(22-28-17)16-4-2-10-29-16/h2,4-8,10,13H,1,3,9,11-12H2. The second-order valence-corrected chi connectivity index (χ2v) is 10.1. The van der Waals surface area contributed by atoms with Crippen molar-refractivity contribution < 1.29 is 22.5 Å². The molecule has 1 aliphatic rings. The molecule has 1 atom stereocenters. The lowest BCUT2D eigenvalue weighted by Gasteiger charge is -2.30. The van der Waals surface area contributed by atoms with E-state index in [4.69, 9.17) is 20.9 Å². The van der Waals surface area contributed by atoms with E-state index in [1.165, 1.54) is 39.9 Å². The number of sulfonamides is 1. The highest BCUT2D eigenvalue weighted by Gasteiger charge is 2.34. The van der Waals surface area contributed by atoms with Gasteiger partial charge in [0.1, 0.15) is 0 Å². The van der Waals surface area contributed by atoms with Gasteiger partial charge in [-0.05, 0) is 48.6 Å². The predicted octanol–water partition coefficient (Wildman–Crippen LogP) is 3.60. The maximum atomic E-state index is 12.9. The van der Waals surface area contributed by atoms with Crippen molar-refractivity contribution in [2.24, 2.45) is 5.92 Å². The molecule has 1 saturated heterocycles. The van der Waals surface area contributed by atoms with Gasteiger partial charge in [0.15, 0.2) is 6.61 Å². The molecule has 2 aromatic heterocycles. The fourth-order valence-corrected chi connectivity index (χ4v) is 5.48. The van der Waals surface area contributed by atoms with Gasteiger partial charge in [-0.1, -0.05) is 22.8 Å². The SMILES string of the molecule is O=C(OCc1nc(-c2cccs2)no1)C1CCCN(S(=O)(=O)c2ccc(Cl)cc2)C1. The molecule has 3 heterocycles. The van der Waals surface area contributed by atoms with Gasteiger partial charge in [-0.3, -0.25) is 4.79 Å². The first-order chi connectivity index (χ1) is 14.4. The second kappa shape index (κ2) is 8.84. The Hall–Kier alpha value is -2.27. The summed E-state index contributed by atoms with van der Waals surface area (Å²) < 4.78 is 37.5. The largest absolute Gasteiger partial charge is 0.455 e. The molecule has 1 aromatic carbocycles. The van der Waals surface area contributed by atoms with Crippen LogP contribution in [-0.4, -0.2) is 41.9 Å². The highest BCUT2D eigenvalue weighted by atomic mass is 35.5. The van der Waals surface area contributed by atoms with E-state index in [2.05, 4.69) is 10.1 Å². The lowest BCUT2D eigenvalue weighted by Crippen LogP contribution is -2.42. The van der Waals surface area contributed by atoms with Crippen molar-refractivity contribution in [2.45, 2.75) is 24.3 Å². The zero-order valence-electron chi connectivity index (χ0n) is 15.7. The third kappa shape index (κ3) is 4.56. The normalized spacial score (nSPS) is 17.7. The second-order valence-electron chi connectivity index (χ2n) is 6.75. The first-order valence-electron chi connectivity index (χ1n) is 9.22. The lowest BCUT2D eigenvalue weighted by atomic mass is 10.0. The van der Waals surface area contributed by atoms with E-state index in [0.717, 1.165) is 4.88 Å². The first kappa shape index (κ1) is 21.0. The maximum absolute atomic E-state index is 12.9. The fourth-order valence-electron chi connectivity index (χ4n) is 3.18. The van der Waals surface area contributed by atoms with Crippen LogP contribution in [0.15, 0.2) is 51.2 Å². The Morgan fingerprint density at radius 3 is 2.83 bits per heavy atom. The topological polar surface area (TPSA) is 103 Å². The highest BCUT2D eigenvalue weighted by molar-refractivity contribution is 7.89. The van der Waals surface area contributed by atoms with Gasteiger partial charge >= 0.3 is 5.97 Å². The Labute approximate surface area is 182 Å². The van der Waals surface area contributed by atoms with E-state index in [1.807, 2.05) is 17.5 Å². The van der Waals surface area contributed by atoms with Crippen LogP contribution in [0.25, 0.3) is 10.7 Å². The van der Waals surface area contributed by atoms with Crippen molar-refractivity contribution in [2.75, 3.05) is 13.1 Å². The van der Waals surface area contributed by atoms with Crippen LogP contribution in [0.2, 0.25) is 5.02 Å². The molecular formula is C19H18ClN3O5S2. The molecule has 0 radical (unpaired) electrons. The summed E-state index contributed by atoms with van der Waals surface area (Å²) in [7, 11) is -3.71. The molecule has 0 spiro atoms. The third-order valence-corrected chi connectivity index (χ3v) is 7.71. The van der Waals surface area contributed by atoms with Gasteiger partial charge < -0.3 is 9.26 Å². The maximum Gasteiger partial charge on any atom is 0.310 e. The molecule has 3 aromatic rings. The summed E-state index contributed by atoms with van der Waals surface area (Å²) in [4.78, 5) is 17.7. The van der Waals surface area contributed by atoms with E-state index >= 15 is 0 Å². The molecule has 11 heteroatoms. The number of aromatic nitrogens is 2. The number of nitrogens with zero attached hydrogens (tertiary/aromatic N) is 3. The summed E-state index contributed by atoms with van der Waals surface area (Å²) in [5.74, 6) is -0.412. The molecule has 0 amide bonds. The number of carbonyl (C=O) groups excluding carboxylic acids is 1. The van der Waals surface area contributed by atoms with Crippen molar-refractivity contribution in [3.8, 4) is 10.7 Å². The van der Waals surface area contributed by atoms with E-state index < -0.39 is 21.9 Å². The van der Waals surface area contributed by atoms with Crippen LogP contribution in [0.4, 0.5) is 0 Å². The van der Waals surface area contributed by atoms with E-state index in [1.54, 1.807) is 0 Å². The van der Waals surface area contributed by atoms with Gasteiger partial charge in [0.2, 0.25) is 15.8 Å². The minimum atomic E-state index is -3.71. The number of thiophene rings is 1. The number of rotatable bonds is 6. The van der Waals surface area contributed by atoms with Crippen LogP contribution in [0.3, 0.4) is 0 Å². The van der Waals surface area contributed by atoms with E-state index in [-0.39, 0.29) is 23.9 Å². The summed E-state index contributed by atoms with van der Waals surface area (Å²) in [5.41, 5.74) is 0. The Morgan fingerprint density at radius 1 is 1.30 bits per heavy atom. The summed E-state index contributed by atoms with van der Waals surface area (Å²) in [6, 6.07) is 9.71. The Balaban J connectivity index is 1.37. The van der Waals surface area contributed by atoms with Crippen molar-refractivity contribution in [1.29, 1.82) is 0 Å². The van der Waals surface area contributed by atoms with Crippen LogP contribution in [0.1, 0.15) is 18.7 Å². The summed E-state index contributed by atoms with van der Waals surface area (Å²) in [5, 5.41) is 6.23. The van der Waals surface area contributed by atoms with Gasteiger partial charge in [0.05, 0.1) is 15.7 Å². The molecule has 1 aliphatic heterocycles. The molecular weight excluding hydrogens is 450 g/mol. The van der Waals surface area contributed by atoms with Crippen LogP contribution in [0, 0.1) is 5.92 Å².